The van der Waals surface area contributed by atoms with Crippen LogP contribution in [0, 0.1) is 13.8 Å². The zero-order valence-corrected chi connectivity index (χ0v) is 13.0. The predicted octanol–water partition coefficient (Wildman–Crippen LogP) is 2.47. The SMILES string of the molecule is CCOCCCCNCCn1nc(C)c(CC)c1C. The molecule has 110 valence electrons. The highest BCUT2D eigenvalue weighted by Gasteiger charge is 2.08. The molecule has 0 aliphatic carbocycles. The molecular formula is C15H29N3O. The molecule has 0 aromatic carbocycles. The average molecular weight is 267 g/mol. The molecule has 0 unspecified atom stereocenters. The molecule has 4 nitrogen and oxygen atoms in total. The summed E-state index contributed by atoms with van der Waals surface area (Å²) in [5.74, 6) is 0. The summed E-state index contributed by atoms with van der Waals surface area (Å²) >= 11 is 0. The van der Waals surface area contributed by atoms with Crippen molar-refractivity contribution in [1.82, 2.24) is 15.1 Å². The van der Waals surface area contributed by atoms with Gasteiger partial charge in [0.15, 0.2) is 0 Å². The third-order valence-corrected chi connectivity index (χ3v) is 3.48. The van der Waals surface area contributed by atoms with Gasteiger partial charge in [-0.05, 0) is 52.1 Å². The van der Waals surface area contributed by atoms with E-state index >= 15 is 0 Å². The van der Waals surface area contributed by atoms with Gasteiger partial charge in [-0.2, -0.15) is 5.10 Å². The third-order valence-electron chi connectivity index (χ3n) is 3.48. The summed E-state index contributed by atoms with van der Waals surface area (Å²) in [6.45, 7) is 13.2. The third kappa shape index (κ3) is 5.33. The van der Waals surface area contributed by atoms with Crippen LogP contribution in [0.3, 0.4) is 0 Å². The topological polar surface area (TPSA) is 39.1 Å². The number of aryl methyl sites for hydroxylation is 1. The number of nitrogens with one attached hydrogen (secondary N) is 1. The first-order chi connectivity index (χ1) is 9.20. The lowest BCUT2D eigenvalue weighted by molar-refractivity contribution is 0.143. The van der Waals surface area contributed by atoms with Gasteiger partial charge in [-0.15, -0.1) is 0 Å². The quantitative estimate of drug-likeness (QED) is 0.662. The number of hydrogen-bond donors (Lipinski definition) is 1. The Kier molecular flexibility index (Phi) is 7.75. The number of unbranched alkanes of at least 4 members (excludes halogenated alkanes) is 1. The van der Waals surface area contributed by atoms with Crippen LogP contribution in [-0.4, -0.2) is 36.1 Å². The Morgan fingerprint density at radius 2 is 1.95 bits per heavy atom. The molecule has 0 aliphatic heterocycles. The summed E-state index contributed by atoms with van der Waals surface area (Å²) < 4.78 is 7.44. The lowest BCUT2D eigenvalue weighted by Gasteiger charge is -2.07. The maximum atomic E-state index is 5.31. The standard InChI is InChI=1S/C15H29N3O/c1-5-15-13(3)17-18(14(15)4)11-10-16-9-7-8-12-19-6-2/h16H,5-12H2,1-4H3. The van der Waals surface area contributed by atoms with E-state index in [9.17, 15) is 0 Å². The fraction of sp³-hybridized carbons (Fsp3) is 0.800. The van der Waals surface area contributed by atoms with E-state index in [1.54, 1.807) is 0 Å². The van der Waals surface area contributed by atoms with Crippen LogP contribution in [0.5, 0.6) is 0 Å². The normalized spacial score (nSPS) is 11.2. The van der Waals surface area contributed by atoms with Gasteiger partial charge in [0.2, 0.25) is 0 Å². The van der Waals surface area contributed by atoms with Gasteiger partial charge in [0.05, 0.1) is 12.2 Å². The molecule has 19 heavy (non-hydrogen) atoms. The smallest absolute Gasteiger partial charge is 0.0628 e. The molecule has 1 rings (SSSR count). The van der Waals surface area contributed by atoms with E-state index < -0.39 is 0 Å². The highest BCUT2D eigenvalue weighted by molar-refractivity contribution is 5.24. The minimum Gasteiger partial charge on any atom is -0.382 e. The van der Waals surface area contributed by atoms with Crippen molar-refractivity contribution in [3.63, 3.8) is 0 Å². The first-order valence-corrected chi connectivity index (χ1v) is 7.52. The Bertz CT molecular complexity index is 361. The van der Waals surface area contributed by atoms with Gasteiger partial charge < -0.3 is 10.1 Å². The second-order valence-electron chi connectivity index (χ2n) is 4.88. The van der Waals surface area contributed by atoms with Crippen molar-refractivity contribution in [3.05, 3.63) is 17.0 Å². The van der Waals surface area contributed by atoms with Crippen LogP contribution in [0.15, 0.2) is 0 Å². The highest BCUT2D eigenvalue weighted by Crippen LogP contribution is 2.12. The van der Waals surface area contributed by atoms with Gasteiger partial charge in [0, 0.05) is 25.5 Å². The first kappa shape index (κ1) is 16.2. The monoisotopic (exact) mass is 267 g/mol. The molecule has 0 saturated heterocycles. The minimum absolute atomic E-state index is 0.825. The van der Waals surface area contributed by atoms with Crippen molar-refractivity contribution in [1.29, 1.82) is 0 Å². The van der Waals surface area contributed by atoms with Crippen LogP contribution < -0.4 is 5.32 Å². The highest BCUT2D eigenvalue weighted by atomic mass is 16.5. The maximum Gasteiger partial charge on any atom is 0.0628 e. The van der Waals surface area contributed by atoms with Crippen molar-refractivity contribution in [2.45, 2.75) is 53.5 Å². The first-order valence-electron chi connectivity index (χ1n) is 7.52. The second-order valence-corrected chi connectivity index (χ2v) is 4.88. The summed E-state index contributed by atoms with van der Waals surface area (Å²) in [5.41, 5.74) is 3.89. The Morgan fingerprint density at radius 1 is 1.16 bits per heavy atom. The molecule has 1 N–H and O–H groups in total. The van der Waals surface area contributed by atoms with E-state index in [-0.39, 0.29) is 0 Å². The average Bonchev–Trinajstić information content (AvgIpc) is 2.67. The largest absolute Gasteiger partial charge is 0.382 e. The van der Waals surface area contributed by atoms with Gasteiger partial charge in [-0.3, -0.25) is 4.68 Å². The molecular weight excluding hydrogens is 238 g/mol. The zero-order chi connectivity index (χ0) is 14.1. The Hall–Kier alpha value is -0.870. The lowest BCUT2D eigenvalue weighted by Crippen LogP contribution is -2.22. The van der Waals surface area contributed by atoms with Gasteiger partial charge in [0.25, 0.3) is 0 Å². The van der Waals surface area contributed by atoms with E-state index in [0.29, 0.717) is 0 Å². The van der Waals surface area contributed by atoms with E-state index in [4.69, 9.17) is 4.74 Å². The second kappa shape index (κ2) is 9.10. The molecule has 0 spiro atoms. The molecule has 0 fully saturated rings. The number of hydrogen-bond acceptors (Lipinski definition) is 3. The summed E-state index contributed by atoms with van der Waals surface area (Å²) in [6, 6.07) is 0. The van der Waals surface area contributed by atoms with Gasteiger partial charge in [-0.25, -0.2) is 0 Å². The van der Waals surface area contributed by atoms with Crippen molar-refractivity contribution in [2.75, 3.05) is 26.3 Å². The van der Waals surface area contributed by atoms with Gasteiger partial charge >= 0.3 is 0 Å². The maximum absolute atomic E-state index is 5.31. The predicted molar refractivity (Wildman–Crippen MR) is 79.7 cm³/mol. The molecule has 0 amide bonds. The van der Waals surface area contributed by atoms with Gasteiger partial charge in [-0.1, -0.05) is 6.92 Å². The van der Waals surface area contributed by atoms with Crippen LogP contribution in [-0.2, 0) is 17.7 Å². The molecule has 1 aromatic heterocycles. The summed E-state index contributed by atoms with van der Waals surface area (Å²) in [5, 5.41) is 8.06. The van der Waals surface area contributed by atoms with Crippen LogP contribution in [0.2, 0.25) is 0 Å². The molecule has 1 aromatic rings. The Morgan fingerprint density at radius 3 is 2.58 bits per heavy atom. The summed E-state index contributed by atoms with van der Waals surface area (Å²) in [6.07, 6.45) is 3.39. The lowest BCUT2D eigenvalue weighted by atomic mass is 10.1. The van der Waals surface area contributed by atoms with E-state index in [1.165, 1.54) is 23.4 Å². The van der Waals surface area contributed by atoms with Crippen molar-refractivity contribution >= 4 is 0 Å². The number of nitrogens with zero attached hydrogens (tertiary/aromatic N) is 2. The van der Waals surface area contributed by atoms with Crippen LogP contribution in [0.1, 0.15) is 43.6 Å². The molecule has 1 heterocycles. The van der Waals surface area contributed by atoms with Crippen LogP contribution in [0.4, 0.5) is 0 Å². The van der Waals surface area contributed by atoms with E-state index in [2.05, 4.69) is 35.9 Å². The number of ether oxygens (including phenoxy) is 1. The van der Waals surface area contributed by atoms with E-state index in [1.807, 2.05) is 6.92 Å². The van der Waals surface area contributed by atoms with Crippen molar-refractivity contribution in [3.8, 4) is 0 Å². The summed E-state index contributed by atoms with van der Waals surface area (Å²) in [7, 11) is 0. The Labute approximate surface area is 117 Å². The van der Waals surface area contributed by atoms with E-state index in [0.717, 1.165) is 45.7 Å². The molecule has 0 saturated carbocycles. The van der Waals surface area contributed by atoms with Crippen LogP contribution in [0.25, 0.3) is 0 Å². The van der Waals surface area contributed by atoms with Crippen LogP contribution >= 0.6 is 0 Å². The van der Waals surface area contributed by atoms with Gasteiger partial charge in [0.1, 0.15) is 0 Å². The number of aromatic nitrogens is 2. The molecule has 0 bridgehead atoms. The number of rotatable bonds is 10. The zero-order valence-electron chi connectivity index (χ0n) is 13.0. The molecule has 0 atom stereocenters. The molecule has 0 radical (unpaired) electrons. The molecule has 0 aliphatic rings. The summed E-state index contributed by atoms with van der Waals surface area (Å²) in [4.78, 5) is 0. The minimum atomic E-state index is 0.825. The fourth-order valence-electron chi connectivity index (χ4n) is 2.37. The Balaban J connectivity index is 2.16. The van der Waals surface area contributed by atoms with Crippen molar-refractivity contribution < 1.29 is 4.74 Å². The molecule has 4 heteroatoms. The fourth-order valence-corrected chi connectivity index (χ4v) is 2.37. The van der Waals surface area contributed by atoms with Crippen molar-refractivity contribution in [2.24, 2.45) is 0 Å².